The third kappa shape index (κ3) is 5.60. The zero-order valence-corrected chi connectivity index (χ0v) is 22.9. The van der Waals surface area contributed by atoms with Crippen molar-refractivity contribution in [3.05, 3.63) is 102 Å². The molecule has 0 saturated carbocycles. The Kier molecular flexibility index (Phi) is 7.78. The molecule has 1 amide bonds. The Morgan fingerprint density at radius 1 is 1.13 bits per heavy atom. The first-order chi connectivity index (χ1) is 18.4. The van der Waals surface area contributed by atoms with E-state index < -0.39 is 0 Å². The number of carbonyl (C=O) groups excluding carboxylic acids is 1. The standard InChI is InChI=1S/C29H28N4O3S2/c1-18-7-10-21(11-8-18)38-26-14-13-24(36-26)28-27(23-6-4-5-15-30-23)32-29(37)33(28)20-9-12-22(19(2)16-20)31-25(34)17-35-3/h4-16,27-28H,17H2,1-3H3,(H,31,34)(H,32,37)/t27-,28-/m0/s1. The number of hydrogen-bond donors (Lipinski definition) is 2. The highest BCUT2D eigenvalue weighted by molar-refractivity contribution is 7.99. The van der Waals surface area contributed by atoms with Crippen LogP contribution in [0.5, 0.6) is 0 Å². The molecule has 2 N–H and O–H groups in total. The van der Waals surface area contributed by atoms with Crippen molar-refractivity contribution >= 4 is 46.4 Å². The Labute approximate surface area is 231 Å². The van der Waals surface area contributed by atoms with E-state index >= 15 is 0 Å². The number of rotatable bonds is 8. The summed E-state index contributed by atoms with van der Waals surface area (Å²) in [5.74, 6) is 0.571. The first-order valence-electron chi connectivity index (χ1n) is 12.2. The number of aryl methyl sites for hydroxylation is 2. The molecule has 38 heavy (non-hydrogen) atoms. The first-order valence-corrected chi connectivity index (χ1v) is 13.4. The minimum absolute atomic E-state index is 0.00339. The van der Waals surface area contributed by atoms with Crippen LogP contribution in [0, 0.1) is 13.8 Å². The summed E-state index contributed by atoms with van der Waals surface area (Å²) in [5, 5.41) is 7.72. The molecular weight excluding hydrogens is 516 g/mol. The fourth-order valence-corrected chi connectivity index (χ4v) is 5.57. The predicted molar refractivity (Wildman–Crippen MR) is 154 cm³/mol. The number of thiocarbonyl (C=S) groups is 1. The predicted octanol–water partition coefficient (Wildman–Crippen LogP) is 6.20. The number of carbonyl (C=O) groups is 1. The van der Waals surface area contributed by atoms with Crippen molar-refractivity contribution in [2.75, 3.05) is 23.9 Å². The van der Waals surface area contributed by atoms with Crippen LogP contribution in [0.25, 0.3) is 0 Å². The summed E-state index contributed by atoms with van der Waals surface area (Å²) in [6.45, 7) is 4.02. The largest absolute Gasteiger partial charge is 0.452 e. The van der Waals surface area contributed by atoms with Gasteiger partial charge in [-0.3, -0.25) is 9.78 Å². The molecule has 1 fully saturated rings. The average molecular weight is 545 g/mol. The molecule has 4 aromatic rings. The smallest absolute Gasteiger partial charge is 0.250 e. The molecule has 2 aromatic heterocycles. The van der Waals surface area contributed by atoms with Gasteiger partial charge in [0.15, 0.2) is 10.2 Å². The number of aromatic nitrogens is 1. The van der Waals surface area contributed by atoms with Crippen LogP contribution in [0.1, 0.15) is 34.7 Å². The van der Waals surface area contributed by atoms with Gasteiger partial charge in [0.05, 0.1) is 11.7 Å². The van der Waals surface area contributed by atoms with E-state index in [-0.39, 0.29) is 24.6 Å². The summed E-state index contributed by atoms with van der Waals surface area (Å²) in [6.07, 6.45) is 1.78. The van der Waals surface area contributed by atoms with E-state index in [1.165, 1.54) is 12.7 Å². The lowest BCUT2D eigenvalue weighted by atomic mass is 10.0. The Morgan fingerprint density at radius 3 is 2.66 bits per heavy atom. The topological polar surface area (TPSA) is 79.6 Å². The zero-order chi connectivity index (χ0) is 26.6. The van der Waals surface area contributed by atoms with Gasteiger partial charge in [0.25, 0.3) is 0 Å². The molecule has 2 atom stereocenters. The summed E-state index contributed by atoms with van der Waals surface area (Å²) in [4.78, 5) is 19.8. The van der Waals surface area contributed by atoms with Gasteiger partial charge in [-0.1, -0.05) is 35.5 Å². The van der Waals surface area contributed by atoms with Gasteiger partial charge in [-0.2, -0.15) is 0 Å². The normalized spacial score (nSPS) is 16.9. The fourth-order valence-electron chi connectivity index (χ4n) is 4.45. The van der Waals surface area contributed by atoms with E-state index in [4.69, 9.17) is 21.4 Å². The number of pyridine rings is 1. The number of amides is 1. The molecule has 0 spiro atoms. The molecule has 0 aliphatic carbocycles. The number of hydrogen-bond acceptors (Lipinski definition) is 6. The molecule has 2 aromatic carbocycles. The molecule has 1 aliphatic rings. The van der Waals surface area contributed by atoms with Crippen LogP contribution in [-0.2, 0) is 9.53 Å². The number of anilines is 2. The summed E-state index contributed by atoms with van der Waals surface area (Å²) >= 11 is 7.42. The van der Waals surface area contributed by atoms with Gasteiger partial charge >= 0.3 is 0 Å². The molecule has 1 aliphatic heterocycles. The summed E-state index contributed by atoms with van der Waals surface area (Å²) < 4.78 is 11.3. The van der Waals surface area contributed by atoms with Crippen molar-refractivity contribution in [1.82, 2.24) is 10.3 Å². The minimum atomic E-state index is -0.266. The van der Waals surface area contributed by atoms with E-state index in [0.717, 1.165) is 38.4 Å². The van der Waals surface area contributed by atoms with Crippen molar-refractivity contribution in [2.45, 2.75) is 35.9 Å². The number of methoxy groups -OCH3 is 1. The van der Waals surface area contributed by atoms with Crippen molar-refractivity contribution in [2.24, 2.45) is 0 Å². The van der Waals surface area contributed by atoms with Crippen molar-refractivity contribution < 1.29 is 13.9 Å². The highest BCUT2D eigenvalue weighted by atomic mass is 32.2. The van der Waals surface area contributed by atoms with Crippen LogP contribution in [0.3, 0.4) is 0 Å². The third-order valence-corrected chi connectivity index (χ3v) is 7.51. The van der Waals surface area contributed by atoms with Crippen molar-refractivity contribution in [1.29, 1.82) is 0 Å². The Hall–Kier alpha value is -3.66. The lowest BCUT2D eigenvalue weighted by molar-refractivity contribution is -0.119. The van der Waals surface area contributed by atoms with Gasteiger partial charge < -0.3 is 24.7 Å². The van der Waals surface area contributed by atoms with Gasteiger partial charge in [-0.25, -0.2) is 0 Å². The van der Waals surface area contributed by atoms with Gasteiger partial charge in [-0.05, 0) is 86.2 Å². The van der Waals surface area contributed by atoms with Gasteiger partial charge in [0.1, 0.15) is 18.4 Å². The number of ether oxygens (including phenoxy) is 1. The Balaban J connectivity index is 1.48. The lowest BCUT2D eigenvalue weighted by Crippen LogP contribution is -2.29. The zero-order valence-electron chi connectivity index (χ0n) is 21.3. The van der Waals surface area contributed by atoms with Crippen molar-refractivity contribution in [3.63, 3.8) is 0 Å². The molecule has 5 rings (SSSR count). The molecule has 1 saturated heterocycles. The highest BCUT2D eigenvalue weighted by Gasteiger charge is 2.42. The molecular formula is C29H28N4O3S2. The Bertz CT molecular complexity index is 1440. The molecule has 0 bridgehead atoms. The summed E-state index contributed by atoms with van der Waals surface area (Å²) in [7, 11) is 1.49. The van der Waals surface area contributed by atoms with E-state index in [0.29, 0.717) is 5.11 Å². The highest BCUT2D eigenvalue weighted by Crippen LogP contribution is 2.44. The van der Waals surface area contributed by atoms with E-state index in [1.54, 1.807) is 18.0 Å². The summed E-state index contributed by atoms with van der Waals surface area (Å²) in [5.41, 5.74) is 4.60. The Morgan fingerprint density at radius 2 is 1.95 bits per heavy atom. The van der Waals surface area contributed by atoms with Crippen LogP contribution in [-0.4, -0.2) is 29.7 Å². The van der Waals surface area contributed by atoms with Gasteiger partial charge in [0.2, 0.25) is 5.91 Å². The fraction of sp³-hybridized carbons (Fsp3) is 0.207. The maximum Gasteiger partial charge on any atom is 0.250 e. The monoisotopic (exact) mass is 544 g/mol. The van der Waals surface area contributed by atoms with E-state index in [9.17, 15) is 4.79 Å². The third-order valence-electron chi connectivity index (χ3n) is 6.27. The molecule has 0 radical (unpaired) electrons. The second kappa shape index (κ2) is 11.4. The number of furan rings is 1. The summed E-state index contributed by atoms with van der Waals surface area (Å²) in [6, 6.07) is 23.6. The maximum absolute atomic E-state index is 12.0. The van der Waals surface area contributed by atoms with Crippen LogP contribution in [0.15, 0.2) is 93.4 Å². The average Bonchev–Trinajstić information content (AvgIpc) is 3.51. The van der Waals surface area contributed by atoms with Crippen LogP contribution in [0.4, 0.5) is 11.4 Å². The number of nitrogens with one attached hydrogen (secondary N) is 2. The van der Waals surface area contributed by atoms with E-state index in [2.05, 4.69) is 51.7 Å². The quantitative estimate of drug-likeness (QED) is 0.254. The van der Waals surface area contributed by atoms with Crippen molar-refractivity contribution in [3.8, 4) is 0 Å². The minimum Gasteiger partial charge on any atom is -0.452 e. The van der Waals surface area contributed by atoms with Crippen LogP contribution in [0.2, 0.25) is 0 Å². The maximum atomic E-state index is 12.0. The number of benzene rings is 2. The van der Waals surface area contributed by atoms with Crippen LogP contribution < -0.4 is 15.5 Å². The molecule has 9 heteroatoms. The second-order valence-electron chi connectivity index (χ2n) is 9.05. The second-order valence-corrected chi connectivity index (χ2v) is 10.5. The lowest BCUT2D eigenvalue weighted by Gasteiger charge is -2.26. The molecule has 3 heterocycles. The number of nitrogens with zero attached hydrogens (tertiary/aromatic N) is 2. The van der Waals surface area contributed by atoms with Gasteiger partial charge in [0, 0.05) is 29.6 Å². The van der Waals surface area contributed by atoms with E-state index in [1.807, 2.05) is 55.5 Å². The first kappa shape index (κ1) is 26.0. The van der Waals surface area contributed by atoms with Gasteiger partial charge in [-0.15, -0.1) is 0 Å². The SMILES string of the molecule is COCC(=O)Nc1ccc(N2C(=S)N[C@@H](c3ccccn3)[C@@H]2c2ccc(Sc3ccc(C)cc3)o2)cc1C. The molecule has 0 unspecified atom stereocenters. The molecule has 7 nitrogen and oxygen atoms in total. The molecule has 194 valence electrons. The van der Waals surface area contributed by atoms with Crippen LogP contribution >= 0.6 is 24.0 Å².